The Bertz CT molecular complexity index is 1130. The molecule has 35 heavy (non-hydrogen) atoms. The van der Waals surface area contributed by atoms with Crippen molar-refractivity contribution in [3.05, 3.63) is 59.7 Å². The molecule has 0 saturated heterocycles. The monoisotopic (exact) mass is 530 g/mol. The molecule has 0 radical (unpaired) electrons. The van der Waals surface area contributed by atoms with Crippen molar-refractivity contribution < 1.29 is 19.8 Å². The first-order valence-electron chi connectivity index (χ1n) is 10.1. The van der Waals surface area contributed by atoms with E-state index in [0.717, 1.165) is 11.1 Å². The summed E-state index contributed by atoms with van der Waals surface area (Å²) < 4.78 is 1.20. The molecule has 0 unspecified atom stereocenters. The van der Waals surface area contributed by atoms with Crippen LogP contribution in [-0.2, 0) is 9.59 Å². The van der Waals surface area contributed by atoms with Gasteiger partial charge >= 0.3 is 0 Å². The average molecular weight is 531 g/mol. The highest BCUT2D eigenvalue weighted by molar-refractivity contribution is 8.03. The highest BCUT2D eigenvalue weighted by Gasteiger charge is 2.11. The van der Waals surface area contributed by atoms with Crippen LogP contribution in [0.2, 0.25) is 0 Å². The minimum atomic E-state index is -0.293. The molecule has 0 spiro atoms. The standard InChI is InChI=1S/C22H22N6O4S3/c1-13(15-3-7-17(29)8-4-15)23-25-19(31)11-33-21-27-28-22(35-21)34-12-20(32)26-24-14(2)16-5-9-18(30)10-6-16/h3-10,29-30H,11-12H2,1-2H3,(H,25,31)(H,26,32)/b23-13+,24-14+. The Kier molecular flexibility index (Phi) is 9.64. The molecule has 13 heteroatoms. The second-order valence-electron chi connectivity index (χ2n) is 6.97. The van der Waals surface area contributed by atoms with Crippen LogP contribution in [0.1, 0.15) is 25.0 Å². The number of hydrazone groups is 2. The van der Waals surface area contributed by atoms with Gasteiger partial charge in [-0.05, 0) is 73.5 Å². The summed E-state index contributed by atoms with van der Waals surface area (Å²) in [4.78, 5) is 24.1. The normalized spacial score (nSPS) is 11.8. The average Bonchev–Trinajstić information content (AvgIpc) is 3.32. The zero-order valence-electron chi connectivity index (χ0n) is 18.8. The smallest absolute Gasteiger partial charge is 0.250 e. The van der Waals surface area contributed by atoms with Crippen molar-refractivity contribution in [2.75, 3.05) is 11.5 Å². The maximum absolute atomic E-state index is 12.1. The Morgan fingerprint density at radius 1 is 0.771 bits per heavy atom. The first kappa shape index (κ1) is 26.2. The molecule has 0 fully saturated rings. The third-order valence-electron chi connectivity index (χ3n) is 4.31. The van der Waals surface area contributed by atoms with Crippen molar-refractivity contribution in [1.29, 1.82) is 0 Å². The zero-order chi connectivity index (χ0) is 25.2. The van der Waals surface area contributed by atoms with Gasteiger partial charge in [-0.25, -0.2) is 10.9 Å². The number of nitrogens with zero attached hydrogens (tertiary/aromatic N) is 4. The first-order chi connectivity index (χ1) is 16.8. The number of phenols is 2. The van der Waals surface area contributed by atoms with Gasteiger partial charge < -0.3 is 10.2 Å². The molecular weight excluding hydrogens is 508 g/mol. The van der Waals surface area contributed by atoms with Gasteiger partial charge in [0.05, 0.1) is 22.9 Å². The molecule has 3 rings (SSSR count). The van der Waals surface area contributed by atoms with Gasteiger partial charge in [0, 0.05) is 0 Å². The molecule has 0 bridgehead atoms. The van der Waals surface area contributed by atoms with Crippen molar-refractivity contribution in [3.8, 4) is 11.5 Å². The molecule has 3 aromatic rings. The fourth-order valence-corrected chi connectivity index (χ4v) is 5.06. The molecule has 1 aromatic heterocycles. The van der Waals surface area contributed by atoms with E-state index < -0.39 is 0 Å². The maximum atomic E-state index is 12.1. The number of aromatic nitrogens is 2. The predicted molar refractivity (Wildman–Crippen MR) is 138 cm³/mol. The summed E-state index contributed by atoms with van der Waals surface area (Å²) in [5.74, 6) is -0.0511. The van der Waals surface area contributed by atoms with Gasteiger partial charge in [-0.3, -0.25) is 9.59 Å². The number of phenolic OH excluding ortho intramolecular Hbond substituents is 2. The third kappa shape index (κ3) is 8.70. The van der Waals surface area contributed by atoms with Gasteiger partial charge in [0.15, 0.2) is 8.68 Å². The number of aromatic hydroxyl groups is 2. The quantitative estimate of drug-likeness (QED) is 0.177. The number of nitrogens with one attached hydrogen (secondary N) is 2. The van der Waals surface area contributed by atoms with Crippen molar-refractivity contribution in [3.63, 3.8) is 0 Å². The lowest BCUT2D eigenvalue weighted by molar-refractivity contribution is -0.119. The lowest BCUT2D eigenvalue weighted by atomic mass is 10.1. The number of thioether (sulfide) groups is 2. The predicted octanol–water partition coefficient (Wildman–Crippen LogP) is 3.21. The van der Waals surface area contributed by atoms with Crippen LogP contribution in [0.3, 0.4) is 0 Å². The molecule has 4 N–H and O–H groups in total. The fourth-order valence-electron chi connectivity index (χ4n) is 2.46. The molecule has 0 atom stereocenters. The summed E-state index contributed by atoms with van der Waals surface area (Å²) in [6, 6.07) is 13.0. The van der Waals surface area contributed by atoms with Gasteiger partial charge in [0.2, 0.25) is 0 Å². The molecule has 10 nitrogen and oxygen atoms in total. The topological polar surface area (TPSA) is 149 Å². The van der Waals surface area contributed by atoms with E-state index in [9.17, 15) is 19.8 Å². The third-order valence-corrected chi connectivity index (χ3v) is 7.50. The highest BCUT2D eigenvalue weighted by Crippen LogP contribution is 2.28. The molecule has 0 aliphatic heterocycles. The van der Waals surface area contributed by atoms with Crippen LogP contribution in [0.5, 0.6) is 11.5 Å². The van der Waals surface area contributed by atoms with Crippen LogP contribution >= 0.6 is 34.9 Å². The minimum absolute atomic E-state index is 0.109. The van der Waals surface area contributed by atoms with Gasteiger partial charge in [0.25, 0.3) is 11.8 Å². The van der Waals surface area contributed by atoms with E-state index in [0.29, 0.717) is 20.1 Å². The molecule has 0 aliphatic carbocycles. The fraction of sp³-hybridized carbons (Fsp3) is 0.182. The largest absolute Gasteiger partial charge is 0.508 e. The van der Waals surface area contributed by atoms with Crippen molar-refractivity contribution in [1.82, 2.24) is 21.0 Å². The number of carbonyl (C=O) groups excluding carboxylic acids is 2. The SMILES string of the molecule is C/C(=N\NC(=O)CSc1nnc(SCC(=O)N/N=C(\C)c2ccc(O)cc2)s1)c1ccc(O)cc1. The van der Waals surface area contributed by atoms with Crippen molar-refractivity contribution in [2.45, 2.75) is 22.5 Å². The zero-order valence-corrected chi connectivity index (χ0v) is 21.2. The maximum Gasteiger partial charge on any atom is 0.250 e. The van der Waals surface area contributed by atoms with Crippen LogP contribution in [0.15, 0.2) is 67.4 Å². The molecular formula is C22H22N6O4S3. The Balaban J connectivity index is 1.39. The molecule has 0 aliphatic rings. The van der Waals surface area contributed by atoms with E-state index in [4.69, 9.17) is 0 Å². The van der Waals surface area contributed by atoms with Crippen LogP contribution < -0.4 is 10.9 Å². The van der Waals surface area contributed by atoms with Gasteiger partial charge in [-0.1, -0.05) is 34.9 Å². The molecule has 182 valence electrons. The lowest BCUT2D eigenvalue weighted by Gasteiger charge is -2.02. The van der Waals surface area contributed by atoms with Gasteiger partial charge in [-0.15, -0.1) is 10.2 Å². The second kappa shape index (κ2) is 12.9. The van der Waals surface area contributed by atoms with E-state index in [-0.39, 0.29) is 34.8 Å². The highest BCUT2D eigenvalue weighted by atomic mass is 32.2. The summed E-state index contributed by atoms with van der Waals surface area (Å²) in [7, 11) is 0. The Morgan fingerprint density at radius 3 is 1.51 bits per heavy atom. The van der Waals surface area contributed by atoms with Crippen molar-refractivity contribution >= 4 is 58.1 Å². The van der Waals surface area contributed by atoms with E-state index in [1.807, 2.05) is 0 Å². The van der Waals surface area contributed by atoms with Crippen molar-refractivity contribution in [2.24, 2.45) is 10.2 Å². The Morgan fingerprint density at radius 2 is 1.14 bits per heavy atom. The van der Waals surface area contributed by atoms with Gasteiger partial charge in [-0.2, -0.15) is 10.2 Å². The van der Waals surface area contributed by atoms with Crippen LogP contribution in [0.25, 0.3) is 0 Å². The number of rotatable bonds is 10. The van der Waals surface area contributed by atoms with Crippen LogP contribution in [0.4, 0.5) is 0 Å². The number of amides is 2. The van der Waals surface area contributed by atoms with Crippen LogP contribution in [-0.4, -0.2) is 55.2 Å². The molecule has 2 aromatic carbocycles. The van der Waals surface area contributed by atoms with E-state index in [2.05, 4.69) is 31.3 Å². The van der Waals surface area contributed by atoms with E-state index in [1.54, 1.807) is 62.4 Å². The number of hydrogen-bond acceptors (Lipinski definition) is 11. The number of carbonyl (C=O) groups is 2. The minimum Gasteiger partial charge on any atom is -0.508 e. The Labute approximate surface area is 214 Å². The van der Waals surface area contributed by atoms with Crippen LogP contribution in [0, 0.1) is 0 Å². The summed E-state index contributed by atoms with van der Waals surface area (Å²) in [5.41, 5.74) is 7.77. The first-order valence-corrected chi connectivity index (χ1v) is 12.9. The lowest BCUT2D eigenvalue weighted by Crippen LogP contribution is -2.21. The van der Waals surface area contributed by atoms with E-state index in [1.165, 1.54) is 34.9 Å². The molecule has 1 heterocycles. The second-order valence-corrected chi connectivity index (χ2v) is 10.4. The molecule has 0 saturated carbocycles. The molecule has 2 amide bonds. The summed E-state index contributed by atoms with van der Waals surface area (Å²) in [6.07, 6.45) is 0. The number of benzene rings is 2. The summed E-state index contributed by atoms with van der Waals surface area (Å²) in [5, 5.41) is 34.8. The Hall–Kier alpha value is -3.42. The summed E-state index contributed by atoms with van der Waals surface area (Å²) in [6.45, 7) is 3.51. The van der Waals surface area contributed by atoms with E-state index >= 15 is 0 Å². The van der Waals surface area contributed by atoms with Gasteiger partial charge in [0.1, 0.15) is 11.5 Å². The summed E-state index contributed by atoms with van der Waals surface area (Å²) >= 11 is 3.73. The number of hydrogen-bond donors (Lipinski definition) is 4.